The first-order valence-corrected chi connectivity index (χ1v) is 14.0. The zero-order valence-corrected chi connectivity index (χ0v) is 23.8. The largest absolute Gasteiger partial charge is 0.489 e. The van der Waals surface area contributed by atoms with Crippen LogP contribution in [0, 0.1) is 11.3 Å². The molecule has 1 saturated carbocycles. The summed E-state index contributed by atoms with van der Waals surface area (Å²) in [6.45, 7) is 6.31. The summed E-state index contributed by atoms with van der Waals surface area (Å²) in [6, 6.07) is 14.3. The third-order valence-corrected chi connectivity index (χ3v) is 8.72. The summed E-state index contributed by atoms with van der Waals surface area (Å²) < 4.78 is 52.4. The van der Waals surface area contributed by atoms with Crippen molar-refractivity contribution in [1.82, 2.24) is 4.98 Å². The number of halogens is 3. The zero-order chi connectivity index (χ0) is 29.6. The SMILES string of the molecule is COC(c1cc(COc2ccc3c(c2)C2(CCC3)CCC2C(=O)O)ccc1-c1ccnc(C(F)(F)F)c1)C(C)(C)C. The smallest absolute Gasteiger partial charge is 0.433 e. The molecule has 218 valence electrons. The zero-order valence-electron chi connectivity index (χ0n) is 23.8. The number of rotatable bonds is 7. The van der Waals surface area contributed by atoms with E-state index in [4.69, 9.17) is 9.47 Å². The average Bonchev–Trinajstić information content (AvgIpc) is 2.90. The lowest BCUT2D eigenvalue weighted by Crippen LogP contribution is -2.50. The molecule has 2 aromatic carbocycles. The quantitative estimate of drug-likeness (QED) is 0.312. The van der Waals surface area contributed by atoms with Crippen molar-refractivity contribution in [2.24, 2.45) is 11.3 Å². The number of fused-ring (bicyclic) bond motifs is 2. The number of carboxylic acids is 1. The predicted octanol–water partition coefficient (Wildman–Crippen LogP) is 8.15. The van der Waals surface area contributed by atoms with Gasteiger partial charge in [0.05, 0.1) is 12.0 Å². The van der Waals surface area contributed by atoms with E-state index < -0.39 is 23.9 Å². The number of aliphatic carboxylic acids is 1. The van der Waals surface area contributed by atoms with Gasteiger partial charge in [-0.25, -0.2) is 0 Å². The highest BCUT2D eigenvalue weighted by Gasteiger charge is 2.53. The number of ether oxygens (including phenoxy) is 2. The van der Waals surface area contributed by atoms with E-state index in [1.54, 1.807) is 13.2 Å². The van der Waals surface area contributed by atoms with Crippen LogP contribution < -0.4 is 4.74 Å². The van der Waals surface area contributed by atoms with Crippen molar-refractivity contribution in [1.29, 1.82) is 0 Å². The van der Waals surface area contributed by atoms with Gasteiger partial charge in [-0.05, 0) is 101 Å². The number of carbonyl (C=O) groups is 1. The molecule has 3 aromatic rings. The molecule has 8 heteroatoms. The van der Waals surface area contributed by atoms with Gasteiger partial charge in [0.1, 0.15) is 18.1 Å². The minimum Gasteiger partial charge on any atom is -0.489 e. The lowest BCUT2D eigenvalue weighted by Gasteiger charge is -2.51. The van der Waals surface area contributed by atoms with Crippen LogP contribution in [0.5, 0.6) is 5.75 Å². The molecule has 3 unspecified atom stereocenters. The summed E-state index contributed by atoms with van der Waals surface area (Å²) in [7, 11) is 1.60. The number of alkyl halides is 3. The number of carboxylic acid groups (broad SMARTS) is 1. The highest BCUT2D eigenvalue weighted by Crippen LogP contribution is 2.56. The molecule has 3 atom stereocenters. The summed E-state index contributed by atoms with van der Waals surface area (Å²) in [4.78, 5) is 15.5. The Labute approximate surface area is 238 Å². The number of hydrogen-bond acceptors (Lipinski definition) is 4. The number of nitrogens with zero attached hydrogens (tertiary/aromatic N) is 1. The number of hydrogen-bond donors (Lipinski definition) is 1. The van der Waals surface area contributed by atoms with E-state index in [1.165, 1.54) is 11.8 Å². The van der Waals surface area contributed by atoms with Crippen molar-refractivity contribution in [3.05, 3.63) is 82.7 Å². The van der Waals surface area contributed by atoms with Gasteiger partial charge in [-0.3, -0.25) is 9.78 Å². The molecular weight excluding hydrogens is 531 g/mol. The van der Waals surface area contributed by atoms with Crippen LogP contribution in [0.4, 0.5) is 13.2 Å². The highest BCUT2D eigenvalue weighted by molar-refractivity contribution is 5.75. The van der Waals surface area contributed by atoms with Gasteiger partial charge in [0.2, 0.25) is 0 Å². The Bertz CT molecular complexity index is 1450. The molecule has 1 N–H and O–H groups in total. The molecule has 0 saturated heterocycles. The summed E-state index contributed by atoms with van der Waals surface area (Å²) in [5.74, 6) is -0.415. The van der Waals surface area contributed by atoms with Gasteiger partial charge in [-0.15, -0.1) is 0 Å². The van der Waals surface area contributed by atoms with Crippen LogP contribution in [-0.4, -0.2) is 23.2 Å². The minimum absolute atomic E-state index is 0.242. The van der Waals surface area contributed by atoms with Crippen molar-refractivity contribution in [2.45, 2.75) is 77.2 Å². The van der Waals surface area contributed by atoms with Gasteiger partial charge in [-0.1, -0.05) is 39.0 Å². The second-order valence-corrected chi connectivity index (χ2v) is 12.4. The minimum atomic E-state index is -4.55. The van der Waals surface area contributed by atoms with E-state index in [9.17, 15) is 23.1 Å². The Hall–Kier alpha value is -3.39. The average molecular weight is 568 g/mol. The Morgan fingerprint density at radius 1 is 1.10 bits per heavy atom. The Kier molecular flexibility index (Phi) is 7.66. The second kappa shape index (κ2) is 10.8. The Morgan fingerprint density at radius 2 is 1.88 bits per heavy atom. The summed E-state index contributed by atoms with van der Waals surface area (Å²) in [5, 5.41) is 9.80. The van der Waals surface area contributed by atoms with Crippen LogP contribution in [0.25, 0.3) is 11.1 Å². The van der Waals surface area contributed by atoms with Crippen molar-refractivity contribution >= 4 is 5.97 Å². The summed E-state index contributed by atoms with van der Waals surface area (Å²) in [6.07, 6.45) is 0.612. The number of aromatic nitrogens is 1. The fourth-order valence-electron chi connectivity index (χ4n) is 6.72. The van der Waals surface area contributed by atoms with Crippen LogP contribution >= 0.6 is 0 Å². The maximum atomic E-state index is 13.4. The third kappa shape index (κ3) is 5.59. The maximum absolute atomic E-state index is 13.4. The fraction of sp³-hybridized carbons (Fsp3) is 0.455. The topological polar surface area (TPSA) is 68.7 Å². The Balaban J connectivity index is 1.46. The summed E-state index contributed by atoms with van der Waals surface area (Å²) in [5.41, 5.74) is 3.37. The van der Waals surface area contributed by atoms with E-state index in [1.807, 2.05) is 51.1 Å². The van der Waals surface area contributed by atoms with Crippen LogP contribution in [0.2, 0.25) is 0 Å². The lowest BCUT2D eigenvalue weighted by atomic mass is 9.52. The first-order valence-electron chi connectivity index (χ1n) is 14.0. The summed E-state index contributed by atoms with van der Waals surface area (Å²) >= 11 is 0. The van der Waals surface area contributed by atoms with Gasteiger partial charge in [-0.2, -0.15) is 13.2 Å². The van der Waals surface area contributed by atoms with Gasteiger partial charge in [0, 0.05) is 18.7 Å². The number of pyridine rings is 1. The fourth-order valence-corrected chi connectivity index (χ4v) is 6.72. The highest BCUT2D eigenvalue weighted by atomic mass is 19.4. The number of benzene rings is 2. The van der Waals surface area contributed by atoms with E-state index in [0.29, 0.717) is 23.3 Å². The lowest BCUT2D eigenvalue weighted by molar-refractivity contribution is -0.150. The molecule has 1 fully saturated rings. The van der Waals surface area contributed by atoms with Crippen LogP contribution in [0.15, 0.2) is 54.7 Å². The van der Waals surface area contributed by atoms with Crippen LogP contribution in [0.3, 0.4) is 0 Å². The second-order valence-electron chi connectivity index (χ2n) is 12.4. The van der Waals surface area contributed by atoms with Crippen molar-refractivity contribution < 1.29 is 32.5 Å². The molecule has 0 amide bonds. The van der Waals surface area contributed by atoms with Crippen LogP contribution in [-0.2, 0) is 34.2 Å². The molecule has 1 heterocycles. The molecular formula is C33H36F3NO4. The first kappa shape index (κ1) is 29.1. The van der Waals surface area contributed by atoms with Gasteiger partial charge in [0.15, 0.2) is 0 Å². The van der Waals surface area contributed by atoms with Crippen molar-refractivity contribution in [2.75, 3.05) is 7.11 Å². The monoisotopic (exact) mass is 567 g/mol. The van der Waals surface area contributed by atoms with Crippen LogP contribution in [0.1, 0.15) is 80.5 Å². The first-order chi connectivity index (χ1) is 19.3. The molecule has 0 aliphatic heterocycles. The molecule has 2 aliphatic carbocycles. The maximum Gasteiger partial charge on any atom is 0.433 e. The standard InChI is InChI=1S/C33H36F3NO4/c1-31(2,3)29(40-4)25-16-20(7-10-24(25)22-12-15-37-28(17-22)33(34,35)36)19-41-23-9-8-21-6-5-13-32(27(21)18-23)14-11-26(32)30(38)39/h7-10,12,15-18,26,29H,5-6,11,13-14,19H2,1-4H3,(H,38,39). The van der Waals surface area contributed by atoms with Gasteiger partial charge < -0.3 is 14.6 Å². The van der Waals surface area contributed by atoms with Gasteiger partial charge in [0.25, 0.3) is 0 Å². The molecule has 5 nitrogen and oxygen atoms in total. The molecule has 0 radical (unpaired) electrons. The van der Waals surface area contributed by atoms with E-state index in [2.05, 4.69) is 11.1 Å². The number of methoxy groups -OCH3 is 1. The van der Waals surface area contributed by atoms with E-state index in [-0.39, 0.29) is 23.4 Å². The normalized spacial score (nSPS) is 21.2. The molecule has 41 heavy (non-hydrogen) atoms. The number of aryl methyl sites for hydroxylation is 1. The molecule has 2 aliphatic rings. The molecule has 1 aromatic heterocycles. The predicted molar refractivity (Wildman–Crippen MR) is 150 cm³/mol. The van der Waals surface area contributed by atoms with Gasteiger partial charge >= 0.3 is 12.1 Å². The molecule has 0 bridgehead atoms. The van der Waals surface area contributed by atoms with Crippen molar-refractivity contribution in [3.63, 3.8) is 0 Å². The van der Waals surface area contributed by atoms with E-state index >= 15 is 0 Å². The Morgan fingerprint density at radius 3 is 2.51 bits per heavy atom. The van der Waals surface area contributed by atoms with E-state index in [0.717, 1.165) is 48.4 Å². The molecule has 1 spiro atoms. The molecule has 5 rings (SSSR count). The van der Waals surface area contributed by atoms with Crippen molar-refractivity contribution in [3.8, 4) is 16.9 Å². The third-order valence-electron chi connectivity index (χ3n) is 8.72.